The Labute approximate surface area is 176 Å². The van der Waals surface area contributed by atoms with Crippen LogP contribution >= 0.6 is 15.9 Å². The van der Waals surface area contributed by atoms with Gasteiger partial charge in [0, 0.05) is 21.3 Å². The SMILES string of the molecule is CC12CCCCC1(C)N(c1ccc(-c3ccc(Br)cc3)cc1)c1ccccc12. The zero-order valence-electron chi connectivity index (χ0n) is 16.6. The molecule has 1 fully saturated rings. The quantitative estimate of drug-likeness (QED) is 0.398. The molecule has 0 N–H and O–H groups in total. The molecule has 5 rings (SSSR count). The summed E-state index contributed by atoms with van der Waals surface area (Å²) in [5, 5.41) is 0. The fourth-order valence-electron chi connectivity index (χ4n) is 5.55. The van der Waals surface area contributed by atoms with Crippen molar-refractivity contribution in [3.05, 3.63) is 82.8 Å². The molecule has 0 radical (unpaired) electrons. The van der Waals surface area contributed by atoms with Gasteiger partial charge in [0.1, 0.15) is 0 Å². The number of fused-ring (bicyclic) bond motifs is 3. The predicted molar refractivity (Wildman–Crippen MR) is 122 cm³/mol. The van der Waals surface area contributed by atoms with Gasteiger partial charge in [-0.05, 0) is 66.8 Å². The third kappa shape index (κ3) is 2.50. The van der Waals surface area contributed by atoms with Gasteiger partial charge in [0.05, 0.1) is 5.54 Å². The van der Waals surface area contributed by atoms with E-state index < -0.39 is 0 Å². The molecule has 28 heavy (non-hydrogen) atoms. The van der Waals surface area contributed by atoms with Crippen molar-refractivity contribution in [3.63, 3.8) is 0 Å². The molecular weight excluding hydrogens is 406 g/mol. The fraction of sp³-hybridized carbons (Fsp3) is 0.308. The van der Waals surface area contributed by atoms with Gasteiger partial charge in [-0.2, -0.15) is 0 Å². The Kier molecular flexibility index (Phi) is 4.17. The monoisotopic (exact) mass is 431 g/mol. The summed E-state index contributed by atoms with van der Waals surface area (Å²) in [6, 6.07) is 26.8. The van der Waals surface area contributed by atoms with E-state index in [-0.39, 0.29) is 11.0 Å². The van der Waals surface area contributed by atoms with Crippen LogP contribution < -0.4 is 4.90 Å². The molecule has 1 aliphatic heterocycles. The van der Waals surface area contributed by atoms with Gasteiger partial charge in [-0.1, -0.05) is 78.2 Å². The Balaban J connectivity index is 1.59. The van der Waals surface area contributed by atoms with Crippen molar-refractivity contribution in [2.75, 3.05) is 4.90 Å². The molecule has 1 heterocycles. The van der Waals surface area contributed by atoms with E-state index >= 15 is 0 Å². The number of halogens is 1. The highest BCUT2D eigenvalue weighted by Gasteiger charge is 2.57. The lowest BCUT2D eigenvalue weighted by Gasteiger charge is -2.50. The van der Waals surface area contributed by atoms with Crippen LogP contribution in [0.1, 0.15) is 45.1 Å². The van der Waals surface area contributed by atoms with Crippen molar-refractivity contribution in [2.45, 2.75) is 50.5 Å². The minimum atomic E-state index is 0.133. The van der Waals surface area contributed by atoms with Crippen LogP contribution in [0.2, 0.25) is 0 Å². The molecule has 3 aromatic carbocycles. The van der Waals surface area contributed by atoms with Gasteiger partial charge in [0.25, 0.3) is 0 Å². The topological polar surface area (TPSA) is 3.24 Å². The van der Waals surface area contributed by atoms with E-state index in [1.54, 1.807) is 0 Å². The first-order chi connectivity index (χ1) is 13.5. The van der Waals surface area contributed by atoms with Crippen molar-refractivity contribution in [2.24, 2.45) is 0 Å². The Hall–Kier alpha value is -2.06. The Bertz CT molecular complexity index is 1010. The molecule has 0 aromatic heterocycles. The normalized spacial score (nSPS) is 26.0. The molecule has 3 aromatic rings. The van der Waals surface area contributed by atoms with Crippen molar-refractivity contribution in [3.8, 4) is 11.1 Å². The second kappa shape index (κ2) is 6.49. The summed E-state index contributed by atoms with van der Waals surface area (Å²) in [6.45, 7) is 4.97. The van der Waals surface area contributed by atoms with E-state index in [9.17, 15) is 0 Å². The van der Waals surface area contributed by atoms with Crippen LogP contribution in [0.25, 0.3) is 11.1 Å². The van der Waals surface area contributed by atoms with Crippen molar-refractivity contribution in [1.29, 1.82) is 0 Å². The fourth-order valence-corrected chi connectivity index (χ4v) is 5.81. The zero-order valence-corrected chi connectivity index (χ0v) is 18.2. The lowest BCUT2D eigenvalue weighted by atomic mass is 9.61. The lowest BCUT2D eigenvalue weighted by molar-refractivity contribution is 0.195. The summed E-state index contributed by atoms with van der Waals surface area (Å²) in [4.78, 5) is 2.63. The van der Waals surface area contributed by atoms with Crippen LogP contribution in [0.15, 0.2) is 77.3 Å². The molecule has 0 saturated heterocycles. The Morgan fingerprint density at radius 2 is 1.36 bits per heavy atom. The standard InChI is InChI=1S/C26H26BrN/c1-25-17-5-6-18-26(25,2)28(24-8-4-3-7-23(24)25)22-15-11-20(12-16-22)19-9-13-21(27)14-10-19/h3-4,7-16H,5-6,17-18H2,1-2H3. The van der Waals surface area contributed by atoms with Crippen LogP contribution in [0.5, 0.6) is 0 Å². The summed E-state index contributed by atoms with van der Waals surface area (Å²) in [7, 11) is 0. The molecule has 2 aliphatic rings. The first-order valence-electron chi connectivity index (χ1n) is 10.3. The zero-order chi connectivity index (χ0) is 19.4. The summed E-state index contributed by atoms with van der Waals surface area (Å²) < 4.78 is 1.12. The summed E-state index contributed by atoms with van der Waals surface area (Å²) in [5.74, 6) is 0. The largest absolute Gasteiger partial charge is 0.334 e. The van der Waals surface area contributed by atoms with E-state index in [2.05, 4.69) is 107 Å². The Morgan fingerprint density at radius 1 is 0.750 bits per heavy atom. The Morgan fingerprint density at radius 3 is 2.07 bits per heavy atom. The molecule has 0 amide bonds. The van der Waals surface area contributed by atoms with Crippen molar-refractivity contribution >= 4 is 27.3 Å². The summed E-state index contributed by atoms with van der Waals surface area (Å²) in [5.41, 5.74) is 7.09. The van der Waals surface area contributed by atoms with Gasteiger partial charge < -0.3 is 4.90 Å². The van der Waals surface area contributed by atoms with E-state index in [4.69, 9.17) is 0 Å². The van der Waals surface area contributed by atoms with E-state index in [1.807, 2.05) is 0 Å². The lowest BCUT2D eigenvalue weighted by Crippen LogP contribution is -2.54. The number of para-hydroxylation sites is 1. The van der Waals surface area contributed by atoms with Crippen molar-refractivity contribution < 1.29 is 0 Å². The summed E-state index contributed by atoms with van der Waals surface area (Å²) >= 11 is 3.53. The van der Waals surface area contributed by atoms with Gasteiger partial charge in [0.15, 0.2) is 0 Å². The first-order valence-corrected chi connectivity index (χ1v) is 11.1. The first kappa shape index (κ1) is 18.0. The van der Waals surface area contributed by atoms with E-state index in [1.165, 1.54) is 53.7 Å². The van der Waals surface area contributed by atoms with Crippen LogP contribution in [0.4, 0.5) is 11.4 Å². The molecule has 1 nitrogen and oxygen atoms in total. The smallest absolute Gasteiger partial charge is 0.0517 e. The minimum absolute atomic E-state index is 0.133. The third-order valence-corrected chi connectivity index (χ3v) is 7.84. The molecule has 1 saturated carbocycles. The maximum Gasteiger partial charge on any atom is 0.0517 e. The second-order valence-electron chi connectivity index (χ2n) is 8.72. The third-order valence-electron chi connectivity index (χ3n) is 7.32. The molecule has 2 atom stereocenters. The molecule has 1 aliphatic carbocycles. The van der Waals surface area contributed by atoms with E-state index in [0.717, 1.165) is 4.47 Å². The number of rotatable bonds is 2. The van der Waals surface area contributed by atoms with Crippen LogP contribution in [-0.2, 0) is 5.41 Å². The van der Waals surface area contributed by atoms with Crippen LogP contribution in [0, 0.1) is 0 Å². The highest BCUT2D eigenvalue weighted by Crippen LogP contribution is 2.60. The number of anilines is 2. The number of hydrogen-bond acceptors (Lipinski definition) is 1. The number of nitrogens with zero attached hydrogens (tertiary/aromatic N) is 1. The average molecular weight is 432 g/mol. The highest BCUT2D eigenvalue weighted by molar-refractivity contribution is 9.10. The molecular formula is C26H26BrN. The van der Waals surface area contributed by atoms with E-state index in [0.29, 0.717) is 0 Å². The van der Waals surface area contributed by atoms with Gasteiger partial charge >= 0.3 is 0 Å². The minimum Gasteiger partial charge on any atom is -0.334 e. The summed E-state index contributed by atoms with van der Waals surface area (Å²) in [6.07, 6.45) is 5.16. The van der Waals surface area contributed by atoms with Crippen molar-refractivity contribution in [1.82, 2.24) is 0 Å². The molecule has 0 bridgehead atoms. The average Bonchev–Trinajstić information content (AvgIpc) is 2.93. The number of benzene rings is 3. The molecule has 2 unspecified atom stereocenters. The maximum atomic E-state index is 3.53. The molecule has 2 heteroatoms. The second-order valence-corrected chi connectivity index (χ2v) is 9.64. The van der Waals surface area contributed by atoms with Gasteiger partial charge in [-0.25, -0.2) is 0 Å². The maximum absolute atomic E-state index is 3.53. The molecule has 142 valence electrons. The number of hydrogen-bond donors (Lipinski definition) is 0. The molecule has 0 spiro atoms. The van der Waals surface area contributed by atoms with Crippen LogP contribution in [-0.4, -0.2) is 5.54 Å². The van der Waals surface area contributed by atoms with Gasteiger partial charge in [0.2, 0.25) is 0 Å². The van der Waals surface area contributed by atoms with Gasteiger partial charge in [-0.3, -0.25) is 0 Å². The highest BCUT2D eigenvalue weighted by atomic mass is 79.9. The van der Waals surface area contributed by atoms with Gasteiger partial charge in [-0.15, -0.1) is 0 Å². The van der Waals surface area contributed by atoms with Crippen LogP contribution in [0.3, 0.4) is 0 Å². The predicted octanol–water partition coefficient (Wildman–Crippen LogP) is 7.86.